The number of H-pyrrole nitrogens is 1. The van der Waals surface area contributed by atoms with Crippen molar-refractivity contribution < 1.29 is 43.6 Å². The van der Waals surface area contributed by atoms with Crippen molar-refractivity contribution in [3.63, 3.8) is 0 Å². The van der Waals surface area contributed by atoms with Crippen molar-refractivity contribution in [2.75, 3.05) is 12.4 Å². The lowest BCUT2D eigenvalue weighted by Crippen LogP contribution is -2.15. The van der Waals surface area contributed by atoms with Crippen molar-refractivity contribution in [1.29, 1.82) is 0 Å². The van der Waals surface area contributed by atoms with E-state index >= 15 is 0 Å². The number of phenolic OH excluding ortho intramolecular Hbond substituents is 1. The van der Waals surface area contributed by atoms with Gasteiger partial charge in [-0.05, 0) is 49.4 Å². The fourth-order valence-electron chi connectivity index (χ4n) is 2.85. The van der Waals surface area contributed by atoms with E-state index in [9.17, 15) is 35.2 Å². The zero-order chi connectivity index (χ0) is 26.9. The molecule has 0 saturated heterocycles. The molecular formula is C18H18N4O11S3. The van der Waals surface area contributed by atoms with E-state index in [0.29, 0.717) is 0 Å². The predicted octanol–water partition coefficient (Wildman–Crippen LogP) is 1.43. The number of phenols is 1. The van der Waals surface area contributed by atoms with Gasteiger partial charge in [0, 0.05) is 0 Å². The molecule has 0 aliphatic carbocycles. The highest BCUT2D eigenvalue weighted by Gasteiger charge is 2.19. The van der Waals surface area contributed by atoms with Crippen LogP contribution in [0.25, 0.3) is 5.69 Å². The molecule has 0 atom stereocenters. The minimum Gasteiger partial charge on any atom is -0.506 e. The molecule has 1 aromatic heterocycles. The molecule has 15 nitrogen and oxygen atoms in total. The molecule has 3 aromatic rings. The maximum absolute atomic E-state index is 12.8. The van der Waals surface area contributed by atoms with Crippen LogP contribution in [0, 0.1) is 6.92 Å². The van der Waals surface area contributed by atoms with Crippen LogP contribution in [0.5, 0.6) is 5.75 Å². The molecule has 18 heteroatoms. The van der Waals surface area contributed by atoms with E-state index in [-0.39, 0.29) is 32.5 Å². The summed E-state index contributed by atoms with van der Waals surface area (Å²) >= 11 is 0. The SMILES string of the molecule is Cc1[nH]n(-c2ccc(S(=O)(=O)O)cc2)c(=O)c1N=Nc1cc(S(=O)(=O)CCOS(=O)(=O)O)ccc1O. The molecule has 0 unspecified atom stereocenters. The van der Waals surface area contributed by atoms with E-state index in [1.165, 1.54) is 19.1 Å². The molecule has 0 bridgehead atoms. The van der Waals surface area contributed by atoms with Gasteiger partial charge in [0.05, 0.1) is 33.5 Å². The smallest absolute Gasteiger partial charge is 0.397 e. The normalized spacial score (nSPS) is 12.9. The molecule has 0 fully saturated rings. The largest absolute Gasteiger partial charge is 0.506 e. The fraction of sp³-hybridized carbons (Fsp3) is 0.167. The number of nitrogens with one attached hydrogen (secondary N) is 1. The van der Waals surface area contributed by atoms with Crippen molar-refractivity contribution in [3.8, 4) is 11.4 Å². The highest BCUT2D eigenvalue weighted by molar-refractivity contribution is 7.91. The van der Waals surface area contributed by atoms with Crippen LogP contribution in [-0.4, -0.2) is 61.6 Å². The number of nitrogens with zero attached hydrogens (tertiary/aromatic N) is 3. The Labute approximate surface area is 204 Å². The van der Waals surface area contributed by atoms with Gasteiger partial charge in [0.15, 0.2) is 15.5 Å². The number of rotatable bonds is 9. The fourth-order valence-corrected chi connectivity index (χ4v) is 4.84. The number of sulfone groups is 1. The maximum atomic E-state index is 12.8. The number of benzene rings is 2. The van der Waals surface area contributed by atoms with Gasteiger partial charge in [0.1, 0.15) is 11.4 Å². The highest BCUT2D eigenvalue weighted by Crippen LogP contribution is 2.31. The molecule has 2 aromatic carbocycles. The summed E-state index contributed by atoms with van der Waals surface area (Å²) in [6.07, 6.45) is 0. The van der Waals surface area contributed by atoms with Crippen LogP contribution in [0.3, 0.4) is 0 Å². The van der Waals surface area contributed by atoms with Crippen molar-refractivity contribution in [3.05, 3.63) is 58.5 Å². The van der Waals surface area contributed by atoms with Crippen LogP contribution >= 0.6 is 0 Å². The summed E-state index contributed by atoms with van der Waals surface area (Å²) in [6.45, 7) is 0.626. The van der Waals surface area contributed by atoms with Crippen LogP contribution in [0.2, 0.25) is 0 Å². The Morgan fingerprint density at radius 1 is 0.944 bits per heavy atom. The summed E-state index contributed by atoms with van der Waals surface area (Å²) in [4.78, 5) is 12.0. The third kappa shape index (κ3) is 6.42. The lowest BCUT2D eigenvalue weighted by Gasteiger charge is -2.06. The molecule has 194 valence electrons. The first-order valence-electron chi connectivity index (χ1n) is 9.57. The second-order valence-corrected chi connectivity index (χ2v) is 11.7. The number of azo groups is 1. The number of aryl methyl sites for hydroxylation is 1. The van der Waals surface area contributed by atoms with E-state index in [1.54, 1.807) is 0 Å². The van der Waals surface area contributed by atoms with Gasteiger partial charge in [-0.25, -0.2) is 17.3 Å². The Balaban J connectivity index is 1.90. The third-order valence-electron chi connectivity index (χ3n) is 4.58. The Hall–Kier alpha value is -3.42. The topological polar surface area (TPSA) is 235 Å². The molecule has 0 saturated carbocycles. The van der Waals surface area contributed by atoms with Crippen LogP contribution in [-0.2, 0) is 34.5 Å². The Morgan fingerprint density at radius 2 is 1.56 bits per heavy atom. The van der Waals surface area contributed by atoms with Gasteiger partial charge in [-0.1, -0.05) is 0 Å². The number of aromatic hydroxyl groups is 1. The molecule has 4 N–H and O–H groups in total. The van der Waals surface area contributed by atoms with Gasteiger partial charge in [-0.2, -0.15) is 16.8 Å². The van der Waals surface area contributed by atoms with Crippen molar-refractivity contribution in [2.24, 2.45) is 10.2 Å². The first-order valence-corrected chi connectivity index (χ1v) is 14.0. The molecule has 0 amide bonds. The van der Waals surface area contributed by atoms with E-state index in [4.69, 9.17) is 9.11 Å². The van der Waals surface area contributed by atoms with Crippen molar-refractivity contribution in [1.82, 2.24) is 9.78 Å². The molecule has 0 aliphatic heterocycles. The molecule has 0 radical (unpaired) electrons. The summed E-state index contributed by atoms with van der Waals surface area (Å²) in [6, 6.07) is 7.65. The maximum Gasteiger partial charge on any atom is 0.397 e. The lowest BCUT2D eigenvalue weighted by molar-refractivity contribution is 0.284. The summed E-state index contributed by atoms with van der Waals surface area (Å²) in [5.41, 5.74) is -0.798. The lowest BCUT2D eigenvalue weighted by atomic mass is 10.3. The van der Waals surface area contributed by atoms with Crippen LogP contribution in [0.15, 0.2) is 67.3 Å². The van der Waals surface area contributed by atoms with Gasteiger partial charge < -0.3 is 5.11 Å². The number of hydrogen-bond acceptors (Lipinski definition) is 11. The summed E-state index contributed by atoms with van der Waals surface area (Å²) in [5.74, 6) is -1.28. The molecule has 0 spiro atoms. The molecular weight excluding hydrogens is 544 g/mol. The highest BCUT2D eigenvalue weighted by atomic mass is 32.3. The summed E-state index contributed by atoms with van der Waals surface area (Å²) in [5, 5.41) is 20.3. The third-order valence-corrected chi connectivity index (χ3v) is 7.59. The zero-order valence-electron chi connectivity index (χ0n) is 18.1. The quantitative estimate of drug-likeness (QED) is 0.215. The summed E-state index contributed by atoms with van der Waals surface area (Å²) < 4.78 is 91.0. The number of aromatic amines is 1. The Bertz CT molecular complexity index is 1700. The van der Waals surface area contributed by atoms with E-state index in [2.05, 4.69) is 19.5 Å². The second kappa shape index (κ2) is 9.91. The average Bonchev–Trinajstić information content (AvgIpc) is 3.05. The standard InChI is InChI=1S/C18H18N4O11S3/c1-11-17(18(24)22(21-11)12-2-4-13(5-3-12)35(27,28)29)20-19-15-10-14(6-7-16(15)23)34(25,26)9-8-33-36(30,31)32/h2-7,10,21,23H,8-9H2,1H3,(H,27,28,29)(H,30,31,32). The van der Waals surface area contributed by atoms with Crippen molar-refractivity contribution >= 4 is 41.7 Å². The monoisotopic (exact) mass is 562 g/mol. The number of aromatic nitrogens is 2. The predicted molar refractivity (Wildman–Crippen MR) is 123 cm³/mol. The van der Waals surface area contributed by atoms with E-state index in [0.717, 1.165) is 35.0 Å². The van der Waals surface area contributed by atoms with E-state index in [1.807, 2.05) is 0 Å². The molecule has 0 aliphatic rings. The van der Waals surface area contributed by atoms with Crippen LogP contribution < -0.4 is 5.56 Å². The van der Waals surface area contributed by atoms with Gasteiger partial charge in [-0.15, -0.1) is 10.2 Å². The average molecular weight is 563 g/mol. The summed E-state index contributed by atoms with van der Waals surface area (Å²) in [7, 11) is -13.4. The Kier molecular flexibility index (Phi) is 7.48. The van der Waals surface area contributed by atoms with E-state index < -0.39 is 54.0 Å². The first kappa shape index (κ1) is 27.2. The first-order chi connectivity index (χ1) is 16.6. The molecule has 1 heterocycles. The molecule has 36 heavy (non-hydrogen) atoms. The number of hydrogen-bond donors (Lipinski definition) is 4. The van der Waals surface area contributed by atoms with Gasteiger partial charge in [-0.3, -0.25) is 19.0 Å². The zero-order valence-corrected chi connectivity index (χ0v) is 20.6. The van der Waals surface area contributed by atoms with Gasteiger partial charge >= 0.3 is 10.4 Å². The molecule has 3 rings (SSSR count). The minimum atomic E-state index is -4.83. The van der Waals surface area contributed by atoms with Gasteiger partial charge in [0.25, 0.3) is 15.7 Å². The minimum absolute atomic E-state index is 0.205. The van der Waals surface area contributed by atoms with Crippen LogP contribution in [0.4, 0.5) is 11.4 Å². The second-order valence-electron chi connectivity index (χ2n) is 7.11. The van der Waals surface area contributed by atoms with Crippen molar-refractivity contribution in [2.45, 2.75) is 16.7 Å². The van der Waals surface area contributed by atoms with Crippen LogP contribution in [0.1, 0.15) is 5.69 Å². The Morgan fingerprint density at radius 3 is 2.14 bits per heavy atom. The van der Waals surface area contributed by atoms with Gasteiger partial charge in [0.2, 0.25) is 0 Å².